The molecular formula is C15H10BrCl2N3O7S. The molecule has 10 nitrogen and oxygen atoms in total. The number of nitro groups is 1. The number of carbonyl (C=O) groups is 2. The van der Waals surface area contributed by atoms with Gasteiger partial charge in [0, 0.05) is 16.6 Å². The molecule has 29 heavy (non-hydrogen) atoms. The van der Waals surface area contributed by atoms with Crippen molar-refractivity contribution in [3.05, 3.63) is 60.5 Å². The number of anilines is 1. The third-order valence-electron chi connectivity index (χ3n) is 3.32. The number of halogens is 3. The Hall–Kier alpha value is -2.25. The van der Waals surface area contributed by atoms with Crippen LogP contribution in [0.2, 0.25) is 10.0 Å². The number of nitrogens with zero attached hydrogens (tertiary/aromatic N) is 1. The van der Waals surface area contributed by atoms with Gasteiger partial charge in [-0.15, -0.1) is 0 Å². The molecule has 0 saturated heterocycles. The van der Waals surface area contributed by atoms with Crippen molar-refractivity contribution in [1.82, 2.24) is 0 Å². The van der Waals surface area contributed by atoms with Crippen LogP contribution in [0.25, 0.3) is 0 Å². The number of hydrogen-bond acceptors (Lipinski definition) is 7. The summed E-state index contributed by atoms with van der Waals surface area (Å²) in [6, 6.07) is 5.50. The zero-order valence-electron chi connectivity index (χ0n) is 14.0. The van der Waals surface area contributed by atoms with Gasteiger partial charge in [0.05, 0.1) is 26.2 Å². The lowest BCUT2D eigenvalue weighted by atomic mass is 10.2. The molecule has 0 aliphatic rings. The van der Waals surface area contributed by atoms with Crippen molar-refractivity contribution >= 4 is 72.4 Å². The molecule has 0 aliphatic heterocycles. The quantitative estimate of drug-likeness (QED) is 0.332. The van der Waals surface area contributed by atoms with E-state index in [-0.39, 0.29) is 31.5 Å². The predicted octanol–water partition coefficient (Wildman–Crippen LogP) is 3.11. The number of nitrogens with two attached hydrogens (primary N) is 1. The number of rotatable bonds is 6. The van der Waals surface area contributed by atoms with Crippen LogP contribution in [0.1, 0.15) is 10.4 Å². The van der Waals surface area contributed by atoms with Crippen LogP contribution in [0, 0.1) is 10.1 Å². The van der Waals surface area contributed by atoms with Gasteiger partial charge in [0.2, 0.25) is 10.0 Å². The predicted molar refractivity (Wildman–Crippen MR) is 108 cm³/mol. The third kappa shape index (κ3) is 5.87. The first-order valence-electron chi connectivity index (χ1n) is 7.33. The lowest BCUT2D eigenvalue weighted by Crippen LogP contribution is -2.21. The molecule has 0 radical (unpaired) electrons. The van der Waals surface area contributed by atoms with Gasteiger partial charge in [-0.05, 0) is 34.1 Å². The van der Waals surface area contributed by atoms with Gasteiger partial charge in [-0.2, -0.15) is 0 Å². The molecule has 154 valence electrons. The highest BCUT2D eigenvalue weighted by Gasteiger charge is 2.21. The Morgan fingerprint density at radius 1 is 1.21 bits per heavy atom. The molecule has 2 rings (SSSR count). The smallest absolute Gasteiger partial charge is 0.340 e. The lowest BCUT2D eigenvalue weighted by Gasteiger charge is -2.10. The summed E-state index contributed by atoms with van der Waals surface area (Å²) in [6.45, 7) is -0.744. The highest BCUT2D eigenvalue weighted by atomic mass is 79.9. The Labute approximate surface area is 182 Å². The second-order valence-corrected chi connectivity index (χ2v) is 8.55. The molecule has 1 amide bonds. The average molecular weight is 527 g/mol. The molecule has 0 aliphatic carbocycles. The molecule has 2 aromatic carbocycles. The number of primary sulfonamides is 1. The average Bonchev–Trinajstić information content (AvgIpc) is 2.60. The Morgan fingerprint density at radius 2 is 1.86 bits per heavy atom. The van der Waals surface area contributed by atoms with E-state index >= 15 is 0 Å². The molecule has 2 aromatic rings. The Bertz CT molecular complexity index is 1130. The first-order valence-corrected chi connectivity index (χ1v) is 10.4. The van der Waals surface area contributed by atoms with Crippen molar-refractivity contribution in [2.24, 2.45) is 5.14 Å². The van der Waals surface area contributed by atoms with Crippen LogP contribution in [-0.2, 0) is 19.6 Å². The van der Waals surface area contributed by atoms with Crippen LogP contribution in [-0.4, -0.2) is 31.8 Å². The largest absolute Gasteiger partial charge is 0.452 e. The fourth-order valence-electron chi connectivity index (χ4n) is 2.02. The topological polar surface area (TPSA) is 159 Å². The van der Waals surface area contributed by atoms with Crippen LogP contribution in [0.4, 0.5) is 11.4 Å². The summed E-state index contributed by atoms with van der Waals surface area (Å²) in [5.74, 6) is -1.85. The summed E-state index contributed by atoms with van der Waals surface area (Å²) in [5.41, 5.74) is -0.341. The minimum atomic E-state index is -4.22. The van der Waals surface area contributed by atoms with Crippen molar-refractivity contribution in [3.8, 4) is 0 Å². The number of sulfonamides is 1. The summed E-state index contributed by atoms with van der Waals surface area (Å²) in [7, 11) is -4.22. The van der Waals surface area contributed by atoms with Gasteiger partial charge in [-0.25, -0.2) is 18.4 Å². The molecule has 0 unspecified atom stereocenters. The molecule has 14 heteroatoms. The van der Waals surface area contributed by atoms with Crippen LogP contribution >= 0.6 is 39.1 Å². The van der Waals surface area contributed by atoms with Gasteiger partial charge in [0.1, 0.15) is 4.90 Å². The second-order valence-electron chi connectivity index (χ2n) is 5.35. The van der Waals surface area contributed by atoms with E-state index < -0.39 is 38.3 Å². The summed E-state index contributed by atoms with van der Waals surface area (Å²) < 4.78 is 28.0. The van der Waals surface area contributed by atoms with Gasteiger partial charge in [0.25, 0.3) is 11.6 Å². The zero-order valence-corrected chi connectivity index (χ0v) is 17.9. The fraction of sp³-hybridized carbons (Fsp3) is 0.0667. The van der Waals surface area contributed by atoms with Crippen molar-refractivity contribution in [2.75, 3.05) is 11.9 Å². The van der Waals surface area contributed by atoms with E-state index in [4.69, 9.17) is 33.1 Å². The molecule has 3 N–H and O–H groups in total. The number of benzene rings is 2. The monoisotopic (exact) mass is 525 g/mol. The minimum Gasteiger partial charge on any atom is -0.452 e. The summed E-state index contributed by atoms with van der Waals surface area (Å²) in [5, 5.41) is 17.6. The Kier molecular flexibility index (Phi) is 7.19. The van der Waals surface area contributed by atoms with Gasteiger partial charge >= 0.3 is 5.97 Å². The van der Waals surface area contributed by atoms with E-state index in [0.717, 1.165) is 12.1 Å². The van der Waals surface area contributed by atoms with E-state index in [1.54, 1.807) is 0 Å². The first-order chi connectivity index (χ1) is 13.4. The molecule has 0 bridgehead atoms. The van der Waals surface area contributed by atoms with Crippen LogP contribution in [0.5, 0.6) is 0 Å². The maximum Gasteiger partial charge on any atom is 0.340 e. The molecular weight excluding hydrogens is 517 g/mol. The highest BCUT2D eigenvalue weighted by Crippen LogP contribution is 2.29. The molecule has 0 fully saturated rings. The molecule has 0 aromatic heterocycles. The number of nitro benzene ring substituents is 1. The summed E-state index contributed by atoms with van der Waals surface area (Å²) in [6.07, 6.45) is 0. The van der Waals surface area contributed by atoms with Crippen LogP contribution < -0.4 is 10.5 Å². The van der Waals surface area contributed by atoms with Crippen molar-refractivity contribution in [3.63, 3.8) is 0 Å². The number of hydrogen-bond donors (Lipinski definition) is 2. The fourth-order valence-corrected chi connectivity index (χ4v) is 3.88. The van der Waals surface area contributed by atoms with Crippen molar-refractivity contribution in [1.29, 1.82) is 0 Å². The standard InChI is InChI=1S/C15H10BrCl2N3O7S/c16-9-3-7(21(24)25)1-2-12(9)20-14(22)6-28-15(23)8-4-13(29(19,26)27)11(18)5-10(8)17/h1-5H,6H2,(H,20,22)(H2,19,26,27). The number of carbonyl (C=O) groups excluding carboxylic acids is 2. The van der Waals surface area contributed by atoms with E-state index in [1.165, 1.54) is 18.2 Å². The maximum atomic E-state index is 12.1. The minimum absolute atomic E-state index is 0.190. The normalized spacial score (nSPS) is 11.0. The van der Waals surface area contributed by atoms with E-state index in [2.05, 4.69) is 21.2 Å². The number of esters is 1. The van der Waals surface area contributed by atoms with Crippen molar-refractivity contribution < 1.29 is 27.7 Å². The SMILES string of the molecule is NS(=O)(=O)c1cc(C(=O)OCC(=O)Nc2ccc([N+](=O)[O-])cc2Br)c(Cl)cc1Cl. The zero-order chi connectivity index (χ0) is 21.9. The number of amides is 1. The first kappa shape index (κ1) is 23.0. The summed E-state index contributed by atoms with van der Waals surface area (Å²) >= 11 is 14.7. The number of ether oxygens (including phenoxy) is 1. The van der Waals surface area contributed by atoms with Crippen LogP contribution in [0.15, 0.2) is 39.7 Å². The van der Waals surface area contributed by atoms with E-state index in [0.29, 0.717) is 0 Å². The van der Waals surface area contributed by atoms with Gasteiger partial charge in [-0.3, -0.25) is 14.9 Å². The molecule has 0 atom stereocenters. The van der Waals surface area contributed by atoms with Crippen molar-refractivity contribution in [2.45, 2.75) is 4.90 Å². The van der Waals surface area contributed by atoms with Gasteiger partial charge in [0.15, 0.2) is 6.61 Å². The number of nitrogens with one attached hydrogen (secondary N) is 1. The Balaban J connectivity index is 2.10. The molecule has 0 spiro atoms. The van der Waals surface area contributed by atoms with E-state index in [1.807, 2.05) is 0 Å². The maximum absolute atomic E-state index is 12.1. The Morgan fingerprint density at radius 3 is 2.41 bits per heavy atom. The second kappa shape index (κ2) is 9.05. The molecule has 0 saturated carbocycles. The lowest BCUT2D eigenvalue weighted by molar-refractivity contribution is -0.384. The van der Waals surface area contributed by atoms with Gasteiger partial charge in [-0.1, -0.05) is 23.2 Å². The highest BCUT2D eigenvalue weighted by molar-refractivity contribution is 9.10. The van der Waals surface area contributed by atoms with Crippen LogP contribution in [0.3, 0.4) is 0 Å². The summed E-state index contributed by atoms with van der Waals surface area (Å²) in [4.78, 5) is 33.7. The van der Waals surface area contributed by atoms with E-state index in [9.17, 15) is 28.1 Å². The van der Waals surface area contributed by atoms with Gasteiger partial charge < -0.3 is 10.1 Å². The third-order valence-corrected chi connectivity index (χ3v) is 5.66. The number of non-ortho nitro benzene ring substituents is 1. The molecule has 0 heterocycles.